The molecule has 0 unspecified atom stereocenters. The Kier molecular flexibility index (Phi) is 4.91. The van der Waals surface area contributed by atoms with Crippen LogP contribution in [0.3, 0.4) is 0 Å². The number of hydrogen-bond donors (Lipinski definition) is 0. The number of benzene rings is 1. The monoisotopic (exact) mass is 417 g/mol. The van der Waals surface area contributed by atoms with Gasteiger partial charge in [0.2, 0.25) is 0 Å². The highest BCUT2D eigenvalue weighted by Gasteiger charge is 2.19. The van der Waals surface area contributed by atoms with Crippen LogP contribution in [0.5, 0.6) is 5.75 Å². The van der Waals surface area contributed by atoms with Gasteiger partial charge in [0.1, 0.15) is 0 Å². The first-order valence-corrected chi connectivity index (χ1v) is 9.85. The van der Waals surface area contributed by atoms with Crippen LogP contribution >= 0.6 is 23.2 Å². The minimum Gasteiger partial charge on any atom is -0.482 e. The summed E-state index contributed by atoms with van der Waals surface area (Å²) in [6.45, 7) is 3.54. The molecule has 0 N–H and O–H groups in total. The lowest BCUT2D eigenvalue weighted by Gasteiger charge is -2.11. The number of hydrogen-bond acceptors (Lipinski definition) is 8. The van der Waals surface area contributed by atoms with Crippen molar-refractivity contribution < 1.29 is 17.7 Å². The van der Waals surface area contributed by atoms with E-state index in [4.69, 9.17) is 32.5 Å². The third-order valence-electron chi connectivity index (χ3n) is 3.60. The van der Waals surface area contributed by atoms with Gasteiger partial charge in [-0.3, -0.25) is 0 Å². The van der Waals surface area contributed by atoms with E-state index in [1.807, 2.05) is 6.92 Å². The van der Waals surface area contributed by atoms with Gasteiger partial charge in [0.25, 0.3) is 5.88 Å². The van der Waals surface area contributed by atoms with Gasteiger partial charge in [0, 0.05) is 11.8 Å². The zero-order chi connectivity index (χ0) is 19.1. The van der Waals surface area contributed by atoms with Gasteiger partial charge in [0.15, 0.2) is 28.0 Å². The molecule has 0 aliphatic rings. The maximum absolute atomic E-state index is 11.6. The maximum atomic E-state index is 11.6. The van der Waals surface area contributed by atoms with E-state index < -0.39 is 9.84 Å². The first kappa shape index (κ1) is 18.6. The lowest BCUT2D eigenvalue weighted by Crippen LogP contribution is -2.08. The van der Waals surface area contributed by atoms with Crippen LogP contribution in [0.4, 0.5) is 0 Å². The Hall–Kier alpha value is -2.17. The average molecular weight is 418 g/mol. The van der Waals surface area contributed by atoms with Gasteiger partial charge >= 0.3 is 0 Å². The Morgan fingerprint density at radius 3 is 2.42 bits per heavy atom. The molecule has 0 radical (unpaired) electrons. The lowest BCUT2D eigenvalue weighted by molar-refractivity contribution is 0.287. The van der Waals surface area contributed by atoms with Gasteiger partial charge in [0.05, 0.1) is 20.6 Å². The molecule has 2 heterocycles. The second-order valence-electron chi connectivity index (χ2n) is 5.48. The van der Waals surface area contributed by atoms with E-state index in [0.717, 1.165) is 11.8 Å². The van der Waals surface area contributed by atoms with Gasteiger partial charge in [-0.05, 0) is 36.4 Å². The van der Waals surface area contributed by atoms with E-state index in [0.29, 0.717) is 17.4 Å². The second-order valence-corrected chi connectivity index (χ2v) is 8.31. The smallest absolute Gasteiger partial charge is 0.258 e. The molecule has 0 saturated heterocycles. The highest BCUT2D eigenvalue weighted by molar-refractivity contribution is 7.90. The molecule has 26 heavy (non-hydrogen) atoms. The minimum atomic E-state index is -3.45. The summed E-state index contributed by atoms with van der Waals surface area (Å²) < 4.78 is 35.4. The fourth-order valence-electron chi connectivity index (χ4n) is 2.08. The Morgan fingerprint density at radius 1 is 1.23 bits per heavy atom. The summed E-state index contributed by atoms with van der Waals surface area (Å²) in [5, 5.41) is 15.3. The van der Waals surface area contributed by atoms with Gasteiger partial charge in [-0.1, -0.05) is 28.4 Å². The van der Waals surface area contributed by atoms with Crippen molar-refractivity contribution in [3.05, 3.63) is 39.3 Å². The largest absolute Gasteiger partial charge is 0.482 e. The summed E-state index contributed by atoms with van der Waals surface area (Å²) in [5.74, 6) is 0.819. The molecule has 0 bridgehead atoms. The number of tetrazole rings is 1. The van der Waals surface area contributed by atoms with Crippen LogP contribution in [-0.4, -0.2) is 40.0 Å². The molecule has 0 fully saturated rings. The average Bonchev–Trinajstić information content (AvgIpc) is 3.13. The molecule has 0 atom stereocenters. The zero-order valence-corrected chi connectivity index (χ0v) is 16.2. The quantitative estimate of drug-likeness (QED) is 0.621. The summed E-state index contributed by atoms with van der Waals surface area (Å²) in [7, 11) is -3.45. The summed E-state index contributed by atoms with van der Waals surface area (Å²) in [6, 6.07) is 2.54. The van der Waals surface area contributed by atoms with Crippen molar-refractivity contribution in [2.45, 2.75) is 25.3 Å². The Bertz CT molecular complexity index is 1050. The van der Waals surface area contributed by atoms with Crippen LogP contribution in [0.1, 0.15) is 17.1 Å². The molecular formula is C14H13Cl2N5O4S. The molecule has 2 aromatic heterocycles. The minimum absolute atomic E-state index is 0.00237. The van der Waals surface area contributed by atoms with E-state index >= 15 is 0 Å². The van der Waals surface area contributed by atoms with Crippen molar-refractivity contribution in [3.63, 3.8) is 0 Å². The van der Waals surface area contributed by atoms with Crippen molar-refractivity contribution in [2.75, 3.05) is 6.26 Å². The Morgan fingerprint density at radius 2 is 1.88 bits per heavy atom. The topological polar surface area (TPSA) is 113 Å². The molecular weight excluding hydrogens is 405 g/mol. The van der Waals surface area contributed by atoms with Gasteiger partial charge in [-0.2, -0.15) is 4.68 Å². The molecule has 3 aromatic rings. The van der Waals surface area contributed by atoms with Crippen molar-refractivity contribution in [1.82, 2.24) is 25.4 Å². The summed E-state index contributed by atoms with van der Waals surface area (Å²) >= 11 is 12.2. The van der Waals surface area contributed by atoms with Crippen LogP contribution in [0, 0.1) is 13.8 Å². The fraction of sp³-hybridized carbons (Fsp3) is 0.286. The van der Waals surface area contributed by atoms with Crippen LogP contribution in [0.2, 0.25) is 10.0 Å². The third-order valence-corrected chi connectivity index (χ3v) is 5.26. The molecule has 0 aliphatic heterocycles. The van der Waals surface area contributed by atoms with Crippen LogP contribution in [0.15, 0.2) is 21.6 Å². The second kappa shape index (κ2) is 6.86. The van der Waals surface area contributed by atoms with Crippen molar-refractivity contribution in [2.24, 2.45) is 0 Å². The number of aromatic nitrogens is 5. The Balaban J connectivity index is 1.87. The molecule has 9 nitrogen and oxygen atoms in total. The number of ether oxygens (including phenoxy) is 1. The molecule has 3 rings (SSSR count). The molecule has 138 valence electrons. The normalized spacial score (nSPS) is 11.7. The van der Waals surface area contributed by atoms with Crippen molar-refractivity contribution in [3.8, 4) is 11.6 Å². The number of nitrogens with zero attached hydrogens (tertiary/aromatic N) is 5. The zero-order valence-electron chi connectivity index (χ0n) is 13.9. The highest BCUT2D eigenvalue weighted by atomic mass is 35.5. The number of aryl methyl sites for hydroxylation is 1. The van der Waals surface area contributed by atoms with E-state index in [9.17, 15) is 8.42 Å². The first-order valence-electron chi connectivity index (χ1n) is 7.21. The van der Waals surface area contributed by atoms with E-state index in [-0.39, 0.29) is 27.3 Å². The van der Waals surface area contributed by atoms with Crippen LogP contribution in [-0.2, 0) is 16.4 Å². The molecule has 0 spiro atoms. The first-order chi connectivity index (χ1) is 12.2. The SMILES string of the molecule is Cc1noc(-n2nnnc2COc2c(Cl)cc(S(C)(=O)=O)cc2Cl)c1C. The van der Waals surface area contributed by atoms with Gasteiger partial charge in [-0.15, -0.1) is 5.10 Å². The Labute approximate surface area is 158 Å². The molecule has 0 aliphatic carbocycles. The van der Waals surface area contributed by atoms with Crippen molar-refractivity contribution >= 4 is 33.0 Å². The molecule has 0 amide bonds. The summed E-state index contributed by atoms with van der Waals surface area (Å²) in [6.07, 6.45) is 1.06. The predicted molar refractivity (Wildman–Crippen MR) is 92.6 cm³/mol. The van der Waals surface area contributed by atoms with Gasteiger partial charge in [-0.25, -0.2) is 8.42 Å². The summed E-state index contributed by atoms with van der Waals surface area (Å²) in [5.41, 5.74) is 1.50. The van der Waals surface area contributed by atoms with E-state index in [2.05, 4.69) is 20.7 Å². The highest BCUT2D eigenvalue weighted by Crippen LogP contribution is 2.36. The molecule has 1 aromatic carbocycles. The van der Waals surface area contributed by atoms with E-state index in [1.165, 1.54) is 16.8 Å². The van der Waals surface area contributed by atoms with E-state index in [1.54, 1.807) is 6.92 Å². The van der Waals surface area contributed by atoms with Crippen molar-refractivity contribution in [1.29, 1.82) is 0 Å². The predicted octanol–water partition coefficient (Wildman–Crippen LogP) is 2.56. The number of halogens is 2. The third kappa shape index (κ3) is 3.53. The molecule has 0 saturated carbocycles. The fourth-order valence-corrected chi connectivity index (χ4v) is 3.47. The number of rotatable bonds is 5. The maximum Gasteiger partial charge on any atom is 0.258 e. The number of sulfone groups is 1. The molecule has 12 heteroatoms. The summed E-state index contributed by atoms with van der Waals surface area (Å²) in [4.78, 5) is -0.00237. The lowest BCUT2D eigenvalue weighted by atomic mass is 10.3. The van der Waals surface area contributed by atoms with Crippen LogP contribution < -0.4 is 4.74 Å². The van der Waals surface area contributed by atoms with Gasteiger partial charge < -0.3 is 9.26 Å². The van der Waals surface area contributed by atoms with Crippen LogP contribution in [0.25, 0.3) is 5.88 Å². The standard InChI is InChI=1S/C14H13Cl2N5O4S/c1-7-8(2)18-25-14(7)21-12(17-19-20-21)6-24-13-10(15)4-9(5-11(13)16)26(3,22)23/h4-5H,6H2,1-3H3.